The molecular formula is C14H12F6N2. The van der Waals surface area contributed by atoms with Crippen molar-refractivity contribution >= 4 is 5.69 Å². The third kappa shape index (κ3) is 2.65. The van der Waals surface area contributed by atoms with Gasteiger partial charge in [-0.15, -0.1) is 0 Å². The molecule has 0 saturated carbocycles. The summed E-state index contributed by atoms with van der Waals surface area (Å²) in [6.45, 7) is 0. The highest BCUT2D eigenvalue weighted by Gasteiger charge is 2.56. The van der Waals surface area contributed by atoms with E-state index < -0.39 is 35.3 Å². The van der Waals surface area contributed by atoms with Gasteiger partial charge in [-0.3, -0.25) is 0 Å². The third-order valence-electron chi connectivity index (χ3n) is 3.56. The van der Waals surface area contributed by atoms with Crippen molar-refractivity contribution in [2.75, 3.05) is 5.73 Å². The van der Waals surface area contributed by atoms with Crippen LogP contribution in [0.25, 0.3) is 0 Å². The summed E-state index contributed by atoms with van der Waals surface area (Å²) in [4.78, 5) is 0. The summed E-state index contributed by atoms with van der Waals surface area (Å²) in [5, 5.41) is 0. The summed E-state index contributed by atoms with van der Waals surface area (Å²) >= 11 is 0. The fraction of sp³-hybridized carbons (Fsp3) is 0.286. The number of hydrogen-bond donors (Lipinski definition) is 2. The maximum absolute atomic E-state index is 13.6. The van der Waals surface area contributed by atoms with Crippen LogP contribution in [-0.4, -0.2) is 6.18 Å². The average Bonchev–Trinajstić information content (AvgIpc) is 2.37. The van der Waals surface area contributed by atoms with Crippen molar-refractivity contribution in [3.05, 3.63) is 53.3 Å². The molecule has 8 heteroatoms. The SMILES string of the molecule is NC1=CCC(c2ccc(N)cc2C(F)(F)F)(C(F)(F)F)C=C1. The molecule has 0 amide bonds. The number of nitrogens with two attached hydrogens (primary N) is 2. The van der Waals surface area contributed by atoms with E-state index in [-0.39, 0.29) is 11.4 Å². The van der Waals surface area contributed by atoms with Gasteiger partial charge in [-0.1, -0.05) is 18.2 Å². The highest BCUT2D eigenvalue weighted by atomic mass is 19.4. The minimum atomic E-state index is -4.95. The van der Waals surface area contributed by atoms with E-state index in [4.69, 9.17) is 11.5 Å². The molecular weight excluding hydrogens is 310 g/mol. The van der Waals surface area contributed by atoms with Crippen LogP contribution in [0.2, 0.25) is 0 Å². The van der Waals surface area contributed by atoms with E-state index in [1.165, 1.54) is 0 Å². The second-order valence-electron chi connectivity index (χ2n) is 5.01. The molecule has 0 spiro atoms. The molecule has 2 nitrogen and oxygen atoms in total. The summed E-state index contributed by atoms with van der Waals surface area (Å²) in [5.41, 5.74) is 5.43. The van der Waals surface area contributed by atoms with Crippen LogP contribution in [0.3, 0.4) is 0 Å². The molecule has 1 unspecified atom stereocenters. The minimum Gasteiger partial charge on any atom is -0.399 e. The molecule has 4 N–H and O–H groups in total. The van der Waals surface area contributed by atoms with E-state index in [9.17, 15) is 26.3 Å². The van der Waals surface area contributed by atoms with Crippen LogP contribution in [0.15, 0.2) is 42.1 Å². The van der Waals surface area contributed by atoms with Gasteiger partial charge in [-0.25, -0.2) is 0 Å². The van der Waals surface area contributed by atoms with Crippen molar-refractivity contribution in [3.63, 3.8) is 0 Å². The first-order valence-corrected chi connectivity index (χ1v) is 6.16. The number of nitrogen functional groups attached to an aromatic ring is 1. The van der Waals surface area contributed by atoms with Crippen LogP contribution in [0.4, 0.5) is 32.0 Å². The number of rotatable bonds is 1. The molecule has 1 aromatic carbocycles. The van der Waals surface area contributed by atoms with Crippen LogP contribution < -0.4 is 11.5 Å². The summed E-state index contributed by atoms with van der Waals surface area (Å²) < 4.78 is 80.1. The maximum atomic E-state index is 13.6. The molecule has 1 aliphatic rings. The first kappa shape index (κ1) is 16.3. The van der Waals surface area contributed by atoms with Crippen LogP contribution in [0, 0.1) is 0 Å². The van der Waals surface area contributed by atoms with Crippen LogP contribution in [0.1, 0.15) is 17.5 Å². The lowest BCUT2D eigenvalue weighted by molar-refractivity contribution is -0.179. The summed E-state index contributed by atoms with van der Waals surface area (Å²) in [6.07, 6.45) is -7.88. The van der Waals surface area contributed by atoms with E-state index in [2.05, 4.69) is 0 Å². The number of benzene rings is 1. The Morgan fingerprint density at radius 3 is 2.09 bits per heavy atom. The van der Waals surface area contributed by atoms with E-state index in [0.717, 1.165) is 24.3 Å². The number of allylic oxidation sites excluding steroid dienone is 3. The summed E-state index contributed by atoms with van der Waals surface area (Å²) in [5.74, 6) is 0. The molecule has 0 radical (unpaired) electrons. The highest BCUT2D eigenvalue weighted by molar-refractivity contribution is 5.52. The highest BCUT2D eigenvalue weighted by Crippen LogP contribution is 2.50. The number of alkyl halides is 6. The monoisotopic (exact) mass is 322 g/mol. The standard InChI is InChI=1S/C14H12F6N2/c15-13(16,17)11-7-9(22)1-2-10(11)12(14(18,19)20)5-3-8(21)4-6-12/h1-5,7H,6,21-22H2. The van der Waals surface area contributed by atoms with Crippen molar-refractivity contribution in [2.45, 2.75) is 24.2 Å². The van der Waals surface area contributed by atoms with Gasteiger partial charge in [0.25, 0.3) is 0 Å². The van der Waals surface area contributed by atoms with E-state index in [1.807, 2.05) is 0 Å². The van der Waals surface area contributed by atoms with Crippen LogP contribution in [-0.2, 0) is 11.6 Å². The van der Waals surface area contributed by atoms with Crippen LogP contribution in [0.5, 0.6) is 0 Å². The Morgan fingerprint density at radius 2 is 1.64 bits per heavy atom. The first-order chi connectivity index (χ1) is 9.97. The molecule has 1 aliphatic carbocycles. The number of hydrogen-bond acceptors (Lipinski definition) is 2. The fourth-order valence-corrected chi connectivity index (χ4v) is 2.40. The molecule has 1 aromatic rings. The smallest absolute Gasteiger partial charge is 0.399 e. The van der Waals surface area contributed by atoms with E-state index >= 15 is 0 Å². The Bertz CT molecular complexity index is 642. The second-order valence-corrected chi connectivity index (χ2v) is 5.01. The molecule has 120 valence electrons. The van der Waals surface area contributed by atoms with Gasteiger partial charge in [0.1, 0.15) is 5.41 Å². The van der Waals surface area contributed by atoms with Crippen LogP contribution >= 0.6 is 0 Å². The normalized spacial score (nSPS) is 22.5. The zero-order chi connectivity index (χ0) is 16.8. The molecule has 0 fully saturated rings. The maximum Gasteiger partial charge on any atom is 0.416 e. The topological polar surface area (TPSA) is 52.0 Å². The second kappa shape index (κ2) is 4.96. The average molecular weight is 322 g/mol. The van der Waals surface area contributed by atoms with Crippen molar-refractivity contribution in [1.29, 1.82) is 0 Å². The van der Waals surface area contributed by atoms with E-state index in [1.54, 1.807) is 0 Å². The molecule has 2 rings (SSSR count). The summed E-state index contributed by atoms with van der Waals surface area (Å²) in [7, 11) is 0. The van der Waals surface area contributed by atoms with Gasteiger partial charge >= 0.3 is 12.4 Å². The molecule has 0 bridgehead atoms. The summed E-state index contributed by atoms with van der Waals surface area (Å²) in [6, 6.07) is 2.30. The molecule has 22 heavy (non-hydrogen) atoms. The van der Waals surface area contributed by atoms with E-state index in [0.29, 0.717) is 12.1 Å². The van der Waals surface area contributed by atoms with Gasteiger partial charge in [0, 0.05) is 11.4 Å². The van der Waals surface area contributed by atoms with Gasteiger partial charge in [-0.05, 0) is 30.2 Å². The Labute approximate surface area is 122 Å². The van der Waals surface area contributed by atoms with Crippen molar-refractivity contribution < 1.29 is 26.3 Å². The van der Waals surface area contributed by atoms with Gasteiger partial charge in [-0.2, -0.15) is 26.3 Å². The van der Waals surface area contributed by atoms with Gasteiger partial charge in [0.15, 0.2) is 0 Å². The lowest BCUT2D eigenvalue weighted by atomic mass is 9.72. The Kier molecular flexibility index (Phi) is 3.67. The molecule has 0 heterocycles. The predicted octanol–water partition coefficient (Wildman–Crippen LogP) is 3.89. The molecule has 0 aliphatic heterocycles. The fourth-order valence-electron chi connectivity index (χ4n) is 2.40. The number of halogens is 6. The lowest BCUT2D eigenvalue weighted by Crippen LogP contribution is -2.43. The molecule has 0 aromatic heterocycles. The van der Waals surface area contributed by atoms with Crippen molar-refractivity contribution in [3.8, 4) is 0 Å². The third-order valence-corrected chi connectivity index (χ3v) is 3.56. The largest absolute Gasteiger partial charge is 0.416 e. The molecule has 0 saturated heterocycles. The zero-order valence-electron chi connectivity index (χ0n) is 11.1. The number of anilines is 1. The first-order valence-electron chi connectivity index (χ1n) is 6.16. The lowest BCUT2D eigenvalue weighted by Gasteiger charge is -2.36. The Hall–Kier alpha value is -2.12. The van der Waals surface area contributed by atoms with Crippen molar-refractivity contribution in [1.82, 2.24) is 0 Å². The van der Waals surface area contributed by atoms with Gasteiger partial charge in [0.2, 0.25) is 0 Å². The van der Waals surface area contributed by atoms with Crippen molar-refractivity contribution in [2.24, 2.45) is 5.73 Å². The quantitative estimate of drug-likeness (QED) is 0.609. The molecule has 1 atom stereocenters. The minimum absolute atomic E-state index is 0.0730. The predicted molar refractivity (Wildman–Crippen MR) is 69.6 cm³/mol. The van der Waals surface area contributed by atoms with Gasteiger partial charge in [0.05, 0.1) is 5.56 Å². The Balaban J connectivity index is 2.73. The van der Waals surface area contributed by atoms with Gasteiger partial charge < -0.3 is 11.5 Å². The zero-order valence-corrected chi connectivity index (χ0v) is 11.1. The Morgan fingerprint density at radius 1 is 1.00 bits per heavy atom.